The maximum absolute atomic E-state index is 11.1. The van der Waals surface area contributed by atoms with Crippen molar-refractivity contribution >= 4 is 0 Å². The smallest absolute Gasteiger partial charge is 0.244 e. The minimum Gasteiger partial charge on any atom is -0.356 e. The van der Waals surface area contributed by atoms with E-state index >= 15 is 0 Å². The Hall–Kier alpha value is -0.700. The minimum absolute atomic E-state index is 0.00347. The number of fused-ring (bicyclic) bond motifs is 1. The second-order valence-corrected chi connectivity index (χ2v) is 2.77. The van der Waals surface area contributed by atoms with Crippen LogP contribution in [-0.2, 0) is 9.84 Å². The Morgan fingerprint density at radius 3 is 3.30 bits per heavy atom. The van der Waals surface area contributed by atoms with Gasteiger partial charge in [-0.15, -0.1) is 0 Å². The van der Waals surface area contributed by atoms with Crippen LogP contribution in [0.2, 0.25) is 0 Å². The normalized spacial score (nSPS) is 38.1. The van der Waals surface area contributed by atoms with E-state index < -0.39 is 0 Å². The van der Waals surface area contributed by atoms with Crippen molar-refractivity contribution in [2.45, 2.75) is 25.6 Å². The molecule has 2 rings (SSSR count). The predicted octanol–water partition coefficient (Wildman–Crippen LogP) is 0.709. The van der Waals surface area contributed by atoms with E-state index in [1.54, 1.807) is 11.0 Å². The van der Waals surface area contributed by atoms with E-state index in [0.29, 0.717) is 12.6 Å². The topological polar surface area (TPSA) is 32.4 Å². The molecule has 0 amide bonds. The van der Waals surface area contributed by atoms with Crippen molar-refractivity contribution in [3.05, 3.63) is 12.0 Å². The molecule has 0 aromatic rings. The van der Waals surface area contributed by atoms with Gasteiger partial charge in [0.2, 0.25) is 5.88 Å². The lowest BCUT2D eigenvalue weighted by atomic mass is 10.2. The molecule has 0 saturated carbocycles. The Morgan fingerprint density at radius 1 is 1.80 bits per heavy atom. The Labute approximate surface area is 59.9 Å². The zero-order chi connectivity index (χ0) is 7.14. The maximum atomic E-state index is 11.1. The van der Waals surface area contributed by atoms with E-state index in [1.165, 1.54) is 0 Å². The van der Waals surface area contributed by atoms with E-state index in [2.05, 4.69) is 0 Å². The summed E-state index contributed by atoms with van der Waals surface area (Å²) in [5.74, 6) is 0.134. The number of ether oxygens (including phenoxy) is 1. The van der Waals surface area contributed by atoms with Gasteiger partial charge in [0.25, 0.3) is 0 Å². The Kier molecular flexibility index (Phi) is 1.14. The summed E-state index contributed by atoms with van der Waals surface area (Å²) in [6.45, 7) is 2.63. The van der Waals surface area contributed by atoms with Gasteiger partial charge in [-0.1, -0.05) is 0 Å². The van der Waals surface area contributed by atoms with Gasteiger partial charge < -0.3 is 9.64 Å². The largest absolute Gasteiger partial charge is 0.356 e. The highest BCUT2D eigenvalue weighted by Gasteiger charge is 2.37. The standard InChI is InChI=1S/C7H10NO2/c1-5-8-6(4-10-5)2-3-7(8)9/h3,5-6H,2,4H2,1H3/t5-,6+/m1/s1. The van der Waals surface area contributed by atoms with Crippen LogP contribution in [-0.4, -0.2) is 23.8 Å². The summed E-state index contributed by atoms with van der Waals surface area (Å²) >= 11 is 0. The summed E-state index contributed by atoms with van der Waals surface area (Å²) in [7, 11) is 0. The van der Waals surface area contributed by atoms with Crippen LogP contribution in [0.3, 0.4) is 0 Å². The van der Waals surface area contributed by atoms with E-state index in [1.807, 2.05) is 6.92 Å². The number of rotatable bonds is 0. The maximum Gasteiger partial charge on any atom is 0.244 e. The van der Waals surface area contributed by atoms with Crippen LogP contribution in [0, 0.1) is 0 Å². The SMILES string of the molecule is C[C@H]1OC[C@@H]2CC=C([O])N21. The van der Waals surface area contributed by atoms with Crippen LogP contribution in [0.25, 0.3) is 0 Å². The molecule has 3 heteroatoms. The zero-order valence-electron chi connectivity index (χ0n) is 5.91. The molecular weight excluding hydrogens is 130 g/mol. The van der Waals surface area contributed by atoms with Crippen LogP contribution in [0.5, 0.6) is 0 Å². The van der Waals surface area contributed by atoms with Gasteiger partial charge in [-0.05, 0) is 19.4 Å². The van der Waals surface area contributed by atoms with Gasteiger partial charge in [0.15, 0.2) is 0 Å². The summed E-state index contributed by atoms with van der Waals surface area (Å²) in [5, 5.41) is 11.1. The van der Waals surface area contributed by atoms with E-state index in [0.717, 1.165) is 6.42 Å². The van der Waals surface area contributed by atoms with Gasteiger partial charge in [-0.2, -0.15) is 0 Å². The molecule has 2 aliphatic heterocycles. The zero-order valence-corrected chi connectivity index (χ0v) is 5.91. The van der Waals surface area contributed by atoms with Crippen LogP contribution in [0.15, 0.2) is 12.0 Å². The number of hydrogen-bond acceptors (Lipinski definition) is 2. The fourth-order valence-corrected chi connectivity index (χ4v) is 1.59. The van der Waals surface area contributed by atoms with Crippen molar-refractivity contribution in [1.82, 2.24) is 4.90 Å². The lowest BCUT2D eigenvalue weighted by Crippen LogP contribution is -2.29. The van der Waals surface area contributed by atoms with Gasteiger partial charge >= 0.3 is 0 Å². The van der Waals surface area contributed by atoms with E-state index in [9.17, 15) is 5.11 Å². The predicted molar refractivity (Wildman–Crippen MR) is 34.4 cm³/mol. The Bertz CT molecular complexity index is 178. The molecule has 1 radical (unpaired) electrons. The molecule has 0 aliphatic carbocycles. The van der Waals surface area contributed by atoms with Gasteiger partial charge in [0, 0.05) is 0 Å². The monoisotopic (exact) mass is 140 g/mol. The average Bonchev–Trinajstić information content (AvgIpc) is 2.40. The summed E-state index contributed by atoms with van der Waals surface area (Å²) < 4.78 is 5.28. The van der Waals surface area contributed by atoms with Crippen molar-refractivity contribution in [1.29, 1.82) is 0 Å². The van der Waals surface area contributed by atoms with Gasteiger partial charge in [-0.25, -0.2) is 0 Å². The average molecular weight is 140 g/mol. The first kappa shape index (κ1) is 6.04. The van der Waals surface area contributed by atoms with Gasteiger partial charge in [-0.3, -0.25) is 5.11 Å². The first-order valence-corrected chi connectivity index (χ1v) is 3.56. The molecule has 10 heavy (non-hydrogen) atoms. The van der Waals surface area contributed by atoms with Crippen molar-refractivity contribution in [3.8, 4) is 0 Å². The van der Waals surface area contributed by atoms with Crippen molar-refractivity contribution < 1.29 is 9.84 Å². The molecule has 1 fully saturated rings. The Balaban J connectivity index is 2.20. The lowest BCUT2D eigenvalue weighted by Gasteiger charge is -2.18. The molecule has 3 nitrogen and oxygen atoms in total. The summed E-state index contributed by atoms with van der Waals surface area (Å²) in [5.41, 5.74) is 0. The molecule has 0 unspecified atom stereocenters. The lowest BCUT2D eigenvalue weighted by molar-refractivity contribution is 0.0297. The molecule has 55 valence electrons. The van der Waals surface area contributed by atoms with Gasteiger partial charge in [0.05, 0.1) is 12.6 Å². The fraction of sp³-hybridized carbons (Fsp3) is 0.714. The molecule has 0 spiro atoms. The molecule has 0 aromatic carbocycles. The fourth-order valence-electron chi connectivity index (χ4n) is 1.59. The van der Waals surface area contributed by atoms with Crippen LogP contribution in [0.1, 0.15) is 13.3 Å². The highest BCUT2D eigenvalue weighted by molar-refractivity contribution is 5.06. The minimum atomic E-state index is -0.00347. The quantitative estimate of drug-likeness (QED) is 0.496. The highest BCUT2D eigenvalue weighted by Crippen LogP contribution is 2.29. The van der Waals surface area contributed by atoms with Gasteiger partial charge in [0.1, 0.15) is 6.23 Å². The third kappa shape index (κ3) is 0.639. The molecule has 0 bridgehead atoms. The third-order valence-corrected chi connectivity index (χ3v) is 2.13. The first-order chi connectivity index (χ1) is 4.79. The molecule has 0 N–H and O–H groups in total. The molecule has 2 aliphatic rings. The highest BCUT2D eigenvalue weighted by atomic mass is 16.5. The first-order valence-electron chi connectivity index (χ1n) is 3.56. The van der Waals surface area contributed by atoms with Crippen LogP contribution >= 0.6 is 0 Å². The molecular formula is C7H10NO2. The molecule has 0 aromatic heterocycles. The summed E-state index contributed by atoms with van der Waals surface area (Å²) in [6.07, 6.45) is 2.60. The second kappa shape index (κ2) is 1.89. The molecule has 2 heterocycles. The van der Waals surface area contributed by atoms with Crippen molar-refractivity contribution in [3.63, 3.8) is 0 Å². The van der Waals surface area contributed by atoms with Crippen molar-refractivity contribution in [2.24, 2.45) is 0 Å². The molecule has 1 saturated heterocycles. The number of nitrogens with zero attached hydrogens (tertiary/aromatic N) is 1. The van der Waals surface area contributed by atoms with Crippen LogP contribution < -0.4 is 0 Å². The van der Waals surface area contributed by atoms with E-state index in [4.69, 9.17) is 4.74 Å². The second-order valence-electron chi connectivity index (χ2n) is 2.77. The molecule has 2 atom stereocenters. The van der Waals surface area contributed by atoms with E-state index in [-0.39, 0.29) is 12.1 Å². The number of hydrogen-bond donors (Lipinski definition) is 0. The summed E-state index contributed by atoms with van der Waals surface area (Å²) in [4.78, 5) is 1.81. The summed E-state index contributed by atoms with van der Waals surface area (Å²) in [6, 6.07) is 0.336. The Morgan fingerprint density at radius 2 is 2.60 bits per heavy atom. The van der Waals surface area contributed by atoms with Crippen molar-refractivity contribution in [2.75, 3.05) is 6.61 Å². The third-order valence-electron chi connectivity index (χ3n) is 2.13. The van der Waals surface area contributed by atoms with Crippen LogP contribution in [0.4, 0.5) is 0 Å².